The maximum absolute atomic E-state index is 11.9. The van der Waals surface area contributed by atoms with Crippen molar-refractivity contribution >= 4 is 12.2 Å². The number of allylic oxidation sites excluding steroid dienone is 2. The van der Waals surface area contributed by atoms with E-state index < -0.39 is 0 Å². The molecule has 1 aliphatic rings. The molecule has 0 aliphatic carbocycles. The molecule has 0 spiro atoms. The number of carbonyl (C=O) groups excluding carboxylic acids is 2. The first kappa shape index (κ1) is 31.2. The number of benzene rings is 2. The molecule has 0 saturated carbocycles. The summed E-state index contributed by atoms with van der Waals surface area (Å²) in [6, 6.07) is 19.4. The SMILES string of the molecule is C.C=CCCCN(CC=C)C(=O)OCc1ccccc1.O=C(OCc1ccccc1)N1CC=CCCC1. The van der Waals surface area contributed by atoms with Crippen LogP contribution in [0.2, 0.25) is 0 Å². The van der Waals surface area contributed by atoms with Crippen LogP contribution >= 0.6 is 0 Å². The van der Waals surface area contributed by atoms with Crippen molar-refractivity contribution in [1.82, 2.24) is 9.80 Å². The highest BCUT2D eigenvalue weighted by atomic mass is 16.6. The molecule has 0 unspecified atom stereocenters. The van der Waals surface area contributed by atoms with E-state index in [2.05, 4.69) is 19.2 Å². The van der Waals surface area contributed by atoms with Crippen LogP contribution in [-0.2, 0) is 22.7 Å². The molecule has 2 aromatic rings. The summed E-state index contributed by atoms with van der Waals surface area (Å²) in [5.41, 5.74) is 2.01. The topological polar surface area (TPSA) is 59.1 Å². The minimum absolute atomic E-state index is 0. The van der Waals surface area contributed by atoms with Crippen molar-refractivity contribution in [2.24, 2.45) is 0 Å². The Balaban J connectivity index is 0.000000362. The van der Waals surface area contributed by atoms with E-state index in [0.29, 0.717) is 32.8 Å². The fraction of sp³-hybridized carbons (Fsp3) is 0.355. The first-order valence-electron chi connectivity index (χ1n) is 12.4. The van der Waals surface area contributed by atoms with Gasteiger partial charge in [0.15, 0.2) is 0 Å². The van der Waals surface area contributed by atoms with Crippen LogP contribution in [0.4, 0.5) is 9.59 Å². The lowest BCUT2D eigenvalue weighted by Crippen LogP contribution is -2.32. The van der Waals surface area contributed by atoms with Crippen molar-refractivity contribution < 1.29 is 19.1 Å². The summed E-state index contributed by atoms with van der Waals surface area (Å²) in [7, 11) is 0. The van der Waals surface area contributed by atoms with Crippen LogP contribution in [0.1, 0.15) is 44.2 Å². The largest absolute Gasteiger partial charge is 0.445 e. The monoisotopic (exact) mass is 506 g/mol. The molecule has 0 atom stereocenters. The zero-order valence-electron chi connectivity index (χ0n) is 21.1. The summed E-state index contributed by atoms with van der Waals surface area (Å²) >= 11 is 0. The van der Waals surface area contributed by atoms with E-state index in [4.69, 9.17) is 9.47 Å². The normalized spacial score (nSPS) is 12.1. The number of unbranched alkanes of at least 4 members (excludes halogenated alkanes) is 1. The van der Waals surface area contributed by atoms with E-state index in [1.54, 1.807) is 15.9 Å². The van der Waals surface area contributed by atoms with Gasteiger partial charge in [-0.3, -0.25) is 0 Å². The molecule has 1 heterocycles. The first-order chi connectivity index (χ1) is 17.6. The Labute approximate surface area is 222 Å². The van der Waals surface area contributed by atoms with Gasteiger partial charge in [0.2, 0.25) is 0 Å². The van der Waals surface area contributed by atoms with Crippen LogP contribution in [0.3, 0.4) is 0 Å². The van der Waals surface area contributed by atoms with Gasteiger partial charge in [-0.2, -0.15) is 0 Å². The Morgan fingerprint density at radius 2 is 1.51 bits per heavy atom. The number of carbonyl (C=O) groups is 2. The molecule has 2 aromatic carbocycles. The number of nitrogens with zero attached hydrogens (tertiary/aromatic N) is 2. The summed E-state index contributed by atoms with van der Waals surface area (Å²) in [6.45, 7) is 10.6. The summed E-state index contributed by atoms with van der Waals surface area (Å²) < 4.78 is 10.6. The summed E-state index contributed by atoms with van der Waals surface area (Å²) in [6.07, 6.45) is 11.0. The molecule has 0 saturated heterocycles. The highest BCUT2D eigenvalue weighted by Gasteiger charge is 2.14. The van der Waals surface area contributed by atoms with Crippen molar-refractivity contribution in [3.05, 3.63) is 109 Å². The lowest BCUT2D eigenvalue weighted by Gasteiger charge is -2.20. The molecule has 37 heavy (non-hydrogen) atoms. The maximum Gasteiger partial charge on any atom is 0.410 e. The fourth-order valence-electron chi connectivity index (χ4n) is 3.44. The summed E-state index contributed by atoms with van der Waals surface area (Å²) in [4.78, 5) is 27.1. The number of hydrogen-bond donors (Lipinski definition) is 0. The van der Waals surface area contributed by atoms with Gasteiger partial charge in [-0.15, -0.1) is 13.2 Å². The molecule has 2 amide bonds. The van der Waals surface area contributed by atoms with Crippen molar-refractivity contribution in [2.45, 2.75) is 46.3 Å². The number of rotatable bonds is 10. The van der Waals surface area contributed by atoms with Gasteiger partial charge in [-0.1, -0.05) is 92.4 Å². The van der Waals surface area contributed by atoms with Gasteiger partial charge >= 0.3 is 12.2 Å². The maximum atomic E-state index is 11.9. The molecule has 0 bridgehead atoms. The Hall–Kier alpha value is -3.80. The smallest absolute Gasteiger partial charge is 0.410 e. The van der Waals surface area contributed by atoms with E-state index in [1.807, 2.05) is 72.8 Å². The molecule has 3 rings (SSSR count). The molecule has 0 aromatic heterocycles. The molecule has 6 heteroatoms. The zero-order valence-corrected chi connectivity index (χ0v) is 21.1. The predicted molar refractivity (Wildman–Crippen MR) is 151 cm³/mol. The summed E-state index contributed by atoms with van der Waals surface area (Å²) in [5.74, 6) is 0. The van der Waals surface area contributed by atoms with E-state index in [-0.39, 0.29) is 19.6 Å². The second-order valence-corrected chi connectivity index (χ2v) is 8.31. The van der Waals surface area contributed by atoms with E-state index in [1.165, 1.54) is 0 Å². The molecule has 6 nitrogen and oxygen atoms in total. The molecule has 0 radical (unpaired) electrons. The van der Waals surface area contributed by atoms with Crippen LogP contribution in [0.15, 0.2) is 98.1 Å². The number of amides is 2. The van der Waals surface area contributed by atoms with Gasteiger partial charge in [-0.05, 0) is 36.8 Å². The second kappa shape index (κ2) is 19.4. The van der Waals surface area contributed by atoms with Gasteiger partial charge in [0.05, 0.1) is 0 Å². The molecular weight excluding hydrogens is 464 g/mol. The molecular formula is C31H42N2O4. The number of hydrogen-bond acceptors (Lipinski definition) is 4. The van der Waals surface area contributed by atoms with E-state index in [9.17, 15) is 9.59 Å². The van der Waals surface area contributed by atoms with E-state index in [0.717, 1.165) is 43.4 Å². The Morgan fingerprint density at radius 1 is 0.892 bits per heavy atom. The highest BCUT2D eigenvalue weighted by Crippen LogP contribution is 2.08. The van der Waals surface area contributed by atoms with Gasteiger partial charge in [0, 0.05) is 26.2 Å². The third-order valence-corrected chi connectivity index (χ3v) is 5.40. The molecule has 0 fully saturated rings. The second-order valence-electron chi connectivity index (χ2n) is 8.31. The lowest BCUT2D eigenvalue weighted by atomic mass is 10.2. The van der Waals surface area contributed by atoms with Crippen LogP contribution in [0, 0.1) is 0 Å². The van der Waals surface area contributed by atoms with Crippen molar-refractivity contribution in [2.75, 3.05) is 26.2 Å². The highest BCUT2D eigenvalue weighted by molar-refractivity contribution is 5.68. The summed E-state index contributed by atoms with van der Waals surface area (Å²) in [5, 5.41) is 0. The van der Waals surface area contributed by atoms with Crippen molar-refractivity contribution in [1.29, 1.82) is 0 Å². The first-order valence-corrected chi connectivity index (χ1v) is 12.4. The van der Waals surface area contributed by atoms with Crippen LogP contribution < -0.4 is 0 Å². The van der Waals surface area contributed by atoms with Crippen LogP contribution in [0.5, 0.6) is 0 Å². The van der Waals surface area contributed by atoms with Crippen LogP contribution in [0.25, 0.3) is 0 Å². The van der Waals surface area contributed by atoms with Crippen LogP contribution in [-0.4, -0.2) is 48.2 Å². The lowest BCUT2D eigenvalue weighted by molar-refractivity contribution is 0.0993. The standard InChI is InChI=1S/C16H21NO2.C14H17NO2.CH4/c1-3-5-9-13-17(12-4-2)16(18)19-14-15-10-7-6-8-11-15;16-14(15-10-6-1-2-7-11-15)17-12-13-8-4-3-5-9-13;/h3-4,6-8,10-11H,1-2,5,9,12-14H2;1,3-6,8-9H,2,7,10-12H2;1H4. The molecule has 0 N–H and O–H groups in total. The average molecular weight is 507 g/mol. The third-order valence-electron chi connectivity index (χ3n) is 5.40. The zero-order chi connectivity index (χ0) is 25.8. The quantitative estimate of drug-likeness (QED) is 0.249. The third kappa shape index (κ3) is 13.2. The predicted octanol–water partition coefficient (Wildman–Crippen LogP) is 7.39. The number of ether oxygens (including phenoxy) is 2. The Morgan fingerprint density at radius 3 is 2.11 bits per heavy atom. The van der Waals surface area contributed by atoms with Gasteiger partial charge in [-0.25, -0.2) is 9.59 Å². The Kier molecular flexibility index (Phi) is 16.4. The van der Waals surface area contributed by atoms with Gasteiger partial charge in [0.25, 0.3) is 0 Å². The average Bonchev–Trinajstić information content (AvgIpc) is 3.21. The van der Waals surface area contributed by atoms with E-state index >= 15 is 0 Å². The molecule has 1 aliphatic heterocycles. The molecule has 200 valence electrons. The van der Waals surface area contributed by atoms with Gasteiger partial charge in [0.1, 0.15) is 13.2 Å². The van der Waals surface area contributed by atoms with Crippen molar-refractivity contribution in [3.63, 3.8) is 0 Å². The van der Waals surface area contributed by atoms with Crippen molar-refractivity contribution in [3.8, 4) is 0 Å². The fourth-order valence-corrected chi connectivity index (χ4v) is 3.44. The minimum Gasteiger partial charge on any atom is -0.445 e. The van der Waals surface area contributed by atoms with Gasteiger partial charge < -0.3 is 19.3 Å². The Bertz CT molecular complexity index is 944. The minimum atomic E-state index is -0.298.